The first-order valence-corrected chi connectivity index (χ1v) is 5.99. The van der Waals surface area contributed by atoms with Gasteiger partial charge in [0.2, 0.25) is 0 Å². The lowest BCUT2D eigenvalue weighted by Crippen LogP contribution is -2.50. The Bertz CT molecular complexity index is 350. The first kappa shape index (κ1) is 11.6. The van der Waals surface area contributed by atoms with E-state index in [2.05, 4.69) is 24.1 Å². The van der Waals surface area contributed by atoms with Crippen LogP contribution in [0, 0.1) is 0 Å². The van der Waals surface area contributed by atoms with Crippen molar-refractivity contribution >= 4 is 0 Å². The summed E-state index contributed by atoms with van der Waals surface area (Å²) in [4.78, 5) is 2.29. The molecule has 1 fully saturated rings. The number of rotatable bonds is 3. The van der Waals surface area contributed by atoms with Gasteiger partial charge in [-0.1, -0.05) is 12.8 Å². The Balaban J connectivity index is 2.27. The van der Waals surface area contributed by atoms with Crippen molar-refractivity contribution in [3.05, 3.63) is 18.0 Å². The number of hydrogen-bond donors (Lipinski definition) is 1. The topological polar surface area (TPSA) is 47.1 Å². The summed E-state index contributed by atoms with van der Waals surface area (Å²) in [5.41, 5.74) is 7.55. The molecule has 0 radical (unpaired) electrons. The van der Waals surface area contributed by atoms with Crippen molar-refractivity contribution in [1.29, 1.82) is 0 Å². The highest BCUT2D eigenvalue weighted by molar-refractivity contribution is 5.14. The van der Waals surface area contributed by atoms with Crippen LogP contribution < -0.4 is 5.73 Å². The lowest BCUT2D eigenvalue weighted by Gasteiger charge is -2.40. The van der Waals surface area contributed by atoms with Crippen LogP contribution in [0.1, 0.15) is 37.4 Å². The predicted octanol–water partition coefficient (Wildman–Crippen LogP) is 1.29. The SMILES string of the molecule is CN(C)C1(C(N)c2ccn(C)n2)CCCC1. The zero-order valence-corrected chi connectivity index (χ0v) is 10.5. The third-order valence-electron chi connectivity index (χ3n) is 3.99. The van der Waals surface area contributed by atoms with Gasteiger partial charge in [0.15, 0.2) is 0 Å². The molecule has 4 heteroatoms. The summed E-state index contributed by atoms with van der Waals surface area (Å²) in [5.74, 6) is 0. The van der Waals surface area contributed by atoms with E-state index in [1.807, 2.05) is 24.0 Å². The molecule has 4 nitrogen and oxygen atoms in total. The van der Waals surface area contributed by atoms with Gasteiger partial charge in [0, 0.05) is 18.8 Å². The van der Waals surface area contributed by atoms with Gasteiger partial charge in [0.1, 0.15) is 0 Å². The van der Waals surface area contributed by atoms with E-state index >= 15 is 0 Å². The molecule has 1 saturated carbocycles. The molecule has 90 valence electrons. The monoisotopic (exact) mass is 222 g/mol. The van der Waals surface area contributed by atoms with Crippen LogP contribution in [0.5, 0.6) is 0 Å². The minimum Gasteiger partial charge on any atom is -0.321 e. The first-order chi connectivity index (χ1) is 7.56. The van der Waals surface area contributed by atoms with E-state index in [0.717, 1.165) is 5.69 Å². The molecule has 0 saturated heterocycles. The van der Waals surface area contributed by atoms with Crippen LogP contribution >= 0.6 is 0 Å². The largest absolute Gasteiger partial charge is 0.321 e. The smallest absolute Gasteiger partial charge is 0.0810 e. The maximum atomic E-state index is 6.43. The van der Waals surface area contributed by atoms with Crippen LogP contribution in [0.2, 0.25) is 0 Å². The molecule has 1 aliphatic carbocycles. The minimum absolute atomic E-state index is 0.0196. The van der Waals surface area contributed by atoms with Crippen molar-refractivity contribution in [3.63, 3.8) is 0 Å². The average molecular weight is 222 g/mol. The highest BCUT2D eigenvalue weighted by atomic mass is 15.3. The second-order valence-electron chi connectivity index (χ2n) is 5.10. The second kappa shape index (κ2) is 4.18. The standard InChI is InChI=1S/C12H22N4/c1-15(2)12(7-4-5-8-12)11(13)10-6-9-16(3)14-10/h6,9,11H,4-5,7-8,13H2,1-3H3. The number of nitrogens with two attached hydrogens (primary N) is 1. The molecule has 0 spiro atoms. The molecule has 1 heterocycles. The van der Waals surface area contributed by atoms with Gasteiger partial charge < -0.3 is 10.6 Å². The molecule has 0 amide bonds. The Kier molecular flexibility index (Phi) is 3.04. The van der Waals surface area contributed by atoms with Crippen LogP contribution in [-0.4, -0.2) is 34.3 Å². The molecule has 0 aromatic carbocycles. The van der Waals surface area contributed by atoms with Gasteiger partial charge in [-0.2, -0.15) is 5.10 Å². The van der Waals surface area contributed by atoms with Crippen molar-refractivity contribution in [2.75, 3.05) is 14.1 Å². The van der Waals surface area contributed by atoms with Gasteiger partial charge in [-0.15, -0.1) is 0 Å². The second-order valence-corrected chi connectivity index (χ2v) is 5.10. The predicted molar refractivity (Wildman–Crippen MR) is 65.0 cm³/mol. The molecule has 16 heavy (non-hydrogen) atoms. The van der Waals surface area contributed by atoms with Crippen LogP contribution in [0.25, 0.3) is 0 Å². The summed E-state index contributed by atoms with van der Waals surface area (Å²) in [5, 5.41) is 4.45. The van der Waals surface area contributed by atoms with E-state index in [-0.39, 0.29) is 11.6 Å². The summed E-state index contributed by atoms with van der Waals surface area (Å²) < 4.78 is 1.83. The first-order valence-electron chi connectivity index (χ1n) is 5.99. The fraction of sp³-hybridized carbons (Fsp3) is 0.750. The lowest BCUT2D eigenvalue weighted by atomic mass is 9.85. The van der Waals surface area contributed by atoms with Gasteiger partial charge in [-0.05, 0) is 33.0 Å². The van der Waals surface area contributed by atoms with Gasteiger partial charge in [-0.25, -0.2) is 0 Å². The highest BCUT2D eigenvalue weighted by Gasteiger charge is 2.42. The van der Waals surface area contributed by atoms with Gasteiger partial charge in [-0.3, -0.25) is 4.68 Å². The summed E-state index contributed by atoms with van der Waals surface area (Å²) in [6.45, 7) is 0. The number of hydrogen-bond acceptors (Lipinski definition) is 3. The maximum Gasteiger partial charge on any atom is 0.0810 e. The summed E-state index contributed by atoms with van der Waals surface area (Å²) >= 11 is 0. The molecule has 1 aromatic rings. The molecule has 2 N–H and O–H groups in total. The Morgan fingerprint density at radius 1 is 1.44 bits per heavy atom. The Hall–Kier alpha value is -0.870. The number of likely N-dealkylation sites (N-methyl/N-ethyl adjacent to an activating group) is 1. The van der Waals surface area contributed by atoms with Crippen LogP contribution in [0.3, 0.4) is 0 Å². The van der Waals surface area contributed by atoms with Crippen molar-refractivity contribution in [2.45, 2.75) is 37.3 Å². The number of nitrogens with zero attached hydrogens (tertiary/aromatic N) is 3. The van der Waals surface area contributed by atoms with Crippen LogP contribution in [-0.2, 0) is 7.05 Å². The van der Waals surface area contributed by atoms with E-state index in [4.69, 9.17) is 5.73 Å². The van der Waals surface area contributed by atoms with E-state index in [0.29, 0.717) is 0 Å². The zero-order valence-electron chi connectivity index (χ0n) is 10.5. The molecule has 1 aliphatic rings. The van der Waals surface area contributed by atoms with Crippen LogP contribution in [0.15, 0.2) is 12.3 Å². The third kappa shape index (κ3) is 1.76. The van der Waals surface area contributed by atoms with E-state index in [9.17, 15) is 0 Å². The van der Waals surface area contributed by atoms with Gasteiger partial charge >= 0.3 is 0 Å². The molecule has 1 aromatic heterocycles. The quantitative estimate of drug-likeness (QED) is 0.838. The molecular formula is C12H22N4. The van der Waals surface area contributed by atoms with Crippen molar-refractivity contribution in [3.8, 4) is 0 Å². The summed E-state index contributed by atoms with van der Waals surface area (Å²) in [6, 6.07) is 2.06. The van der Waals surface area contributed by atoms with Crippen molar-refractivity contribution in [1.82, 2.24) is 14.7 Å². The molecule has 1 unspecified atom stereocenters. The molecule has 2 rings (SSSR count). The Morgan fingerprint density at radius 3 is 2.50 bits per heavy atom. The zero-order chi connectivity index (χ0) is 11.8. The molecule has 0 aliphatic heterocycles. The van der Waals surface area contributed by atoms with Crippen molar-refractivity contribution in [2.24, 2.45) is 12.8 Å². The fourth-order valence-corrected chi connectivity index (χ4v) is 2.90. The fourth-order valence-electron chi connectivity index (χ4n) is 2.90. The third-order valence-corrected chi connectivity index (χ3v) is 3.99. The maximum absolute atomic E-state index is 6.43. The summed E-state index contributed by atoms with van der Waals surface area (Å²) in [6.07, 6.45) is 6.88. The van der Waals surface area contributed by atoms with E-state index in [1.165, 1.54) is 25.7 Å². The number of aryl methyl sites for hydroxylation is 1. The van der Waals surface area contributed by atoms with Gasteiger partial charge in [0.05, 0.1) is 11.7 Å². The summed E-state index contributed by atoms with van der Waals surface area (Å²) in [7, 11) is 6.20. The molecule has 0 bridgehead atoms. The van der Waals surface area contributed by atoms with E-state index < -0.39 is 0 Å². The minimum atomic E-state index is 0.0196. The van der Waals surface area contributed by atoms with Crippen LogP contribution in [0.4, 0.5) is 0 Å². The normalized spacial score (nSPS) is 21.6. The molecule has 1 atom stereocenters. The Labute approximate surface area is 97.4 Å². The van der Waals surface area contributed by atoms with Crippen molar-refractivity contribution < 1.29 is 0 Å². The highest BCUT2D eigenvalue weighted by Crippen LogP contribution is 2.41. The number of aromatic nitrogens is 2. The van der Waals surface area contributed by atoms with Gasteiger partial charge in [0.25, 0.3) is 0 Å². The Morgan fingerprint density at radius 2 is 2.06 bits per heavy atom. The lowest BCUT2D eigenvalue weighted by molar-refractivity contribution is 0.121. The average Bonchev–Trinajstić information content (AvgIpc) is 2.85. The molecular weight excluding hydrogens is 200 g/mol. The van der Waals surface area contributed by atoms with E-state index in [1.54, 1.807) is 0 Å².